The highest BCUT2D eigenvalue weighted by Crippen LogP contribution is 2.40. The van der Waals surface area contributed by atoms with Crippen molar-refractivity contribution < 1.29 is 5.11 Å². The molecule has 0 saturated heterocycles. The summed E-state index contributed by atoms with van der Waals surface area (Å²) in [6, 6.07) is 8.29. The molecule has 0 bridgehead atoms. The summed E-state index contributed by atoms with van der Waals surface area (Å²) in [6.45, 7) is 6.91. The number of rotatable bonds is 27. The Labute approximate surface area is 233 Å². The minimum Gasteiger partial charge on any atom is -0.508 e. The van der Waals surface area contributed by atoms with Crippen LogP contribution in [-0.2, 0) is 0 Å². The van der Waals surface area contributed by atoms with Crippen LogP contribution in [0.5, 0.6) is 5.75 Å². The van der Waals surface area contributed by atoms with Crippen molar-refractivity contribution in [3.63, 3.8) is 0 Å². The summed E-state index contributed by atoms with van der Waals surface area (Å²) in [5.74, 6) is 1.79. The van der Waals surface area contributed by atoms with Gasteiger partial charge in [0.2, 0.25) is 0 Å². The van der Waals surface area contributed by atoms with Crippen LogP contribution in [0.15, 0.2) is 24.3 Å². The summed E-state index contributed by atoms with van der Waals surface area (Å²) < 4.78 is 0. The molecule has 1 nitrogen and oxygen atoms in total. The van der Waals surface area contributed by atoms with Crippen LogP contribution in [0.4, 0.5) is 0 Å². The fourth-order valence-electron chi connectivity index (χ4n) is 6.22. The summed E-state index contributed by atoms with van der Waals surface area (Å²) in [4.78, 5) is 0. The molecule has 0 aliphatic carbocycles. The number of benzene rings is 1. The fraction of sp³-hybridized carbons (Fsp3) is 0.833. The molecule has 2 atom stereocenters. The molecular weight excluding hydrogens is 448 g/mol. The minimum atomic E-state index is 0.529. The summed E-state index contributed by atoms with van der Waals surface area (Å²) in [7, 11) is 0. The van der Waals surface area contributed by atoms with E-state index in [4.69, 9.17) is 0 Å². The van der Waals surface area contributed by atoms with Gasteiger partial charge in [-0.3, -0.25) is 0 Å². The van der Waals surface area contributed by atoms with E-state index in [1.807, 2.05) is 12.1 Å². The van der Waals surface area contributed by atoms with E-state index in [0.29, 0.717) is 11.7 Å². The highest BCUT2D eigenvalue weighted by Gasteiger charge is 2.24. The molecule has 1 rings (SSSR count). The number of phenols is 1. The molecule has 1 N–H and O–H groups in total. The molecule has 37 heavy (non-hydrogen) atoms. The van der Waals surface area contributed by atoms with Crippen molar-refractivity contribution in [1.82, 2.24) is 0 Å². The van der Waals surface area contributed by atoms with Crippen molar-refractivity contribution in [2.24, 2.45) is 5.92 Å². The van der Waals surface area contributed by atoms with Crippen molar-refractivity contribution in [3.05, 3.63) is 29.8 Å². The number of phenolic OH excluding ortho intramolecular Hbond substituents is 1. The SMILES string of the molecule is CCCCCCCCCCCC(c1ccccc1O)C(CCCCCCCC)CCCCCCCCC. The number of aromatic hydroxyl groups is 1. The number of para-hydroxylation sites is 1. The van der Waals surface area contributed by atoms with Crippen LogP contribution in [0.25, 0.3) is 0 Å². The molecule has 0 fully saturated rings. The number of hydrogen-bond acceptors (Lipinski definition) is 1. The van der Waals surface area contributed by atoms with Crippen LogP contribution >= 0.6 is 0 Å². The molecule has 0 aliphatic rings. The molecule has 1 aromatic carbocycles. The average Bonchev–Trinajstić information content (AvgIpc) is 2.91. The second-order valence-corrected chi connectivity index (χ2v) is 12.0. The molecule has 0 heterocycles. The van der Waals surface area contributed by atoms with Crippen molar-refractivity contribution in [3.8, 4) is 5.75 Å². The maximum absolute atomic E-state index is 10.8. The van der Waals surface area contributed by atoms with Crippen molar-refractivity contribution in [1.29, 1.82) is 0 Å². The van der Waals surface area contributed by atoms with Gasteiger partial charge in [0, 0.05) is 0 Å². The Morgan fingerprint density at radius 3 is 1.22 bits per heavy atom. The zero-order chi connectivity index (χ0) is 26.8. The van der Waals surface area contributed by atoms with Gasteiger partial charge in [-0.2, -0.15) is 0 Å². The molecule has 0 amide bonds. The number of hydrogen-bond donors (Lipinski definition) is 1. The zero-order valence-electron chi connectivity index (χ0n) is 25.6. The van der Waals surface area contributed by atoms with Crippen molar-refractivity contribution in [2.45, 2.75) is 187 Å². The molecule has 0 aromatic heterocycles. The Morgan fingerprint density at radius 2 is 0.811 bits per heavy atom. The summed E-state index contributed by atoms with van der Waals surface area (Å²) >= 11 is 0. The third kappa shape index (κ3) is 18.0. The lowest BCUT2D eigenvalue weighted by Crippen LogP contribution is -2.14. The van der Waals surface area contributed by atoms with E-state index in [-0.39, 0.29) is 0 Å². The van der Waals surface area contributed by atoms with Gasteiger partial charge in [0.15, 0.2) is 0 Å². The lowest BCUT2D eigenvalue weighted by atomic mass is 9.76. The molecule has 216 valence electrons. The summed E-state index contributed by atoms with van der Waals surface area (Å²) in [6.07, 6.45) is 34.4. The minimum absolute atomic E-state index is 0.529. The second-order valence-electron chi connectivity index (χ2n) is 12.0. The van der Waals surface area contributed by atoms with E-state index in [9.17, 15) is 5.11 Å². The predicted octanol–water partition coefficient (Wildman–Crippen LogP) is 12.9. The Bertz CT molecular complexity index is 594. The molecule has 2 unspecified atom stereocenters. The molecule has 0 saturated carbocycles. The van der Waals surface area contributed by atoms with Gasteiger partial charge in [0.25, 0.3) is 0 Å². The first-order valence-electron chi connectivity index (χ1n) is 17.0. The lowest BCUT2D eigenvalue weighted by molar-refractivity contribution is 0.314. The van der Waals surface area contributed by atoms with Gasteiger partial charge >= 0.3 is 0 Å². The Kier molecular flexibility index (Phi) is 23.3. The van der Waals surface area contributed by atoms with Crippen LogP contribution in [0.1, 0.15) is 193 Å². The van der Waals surface area contributed by atoms with Gasteiger partial charge in [-0.25, -0.2) is 0 Å². The van der Waals surface area contributed by atoms with Gasteiger partial charge in [-0.05, 0) is 42.7 Å². The third-order valence-corrected chi connectivity index (χ3v) is 8.63. The van der Waals surface area contributed by atoms with Crippen molar-refractivity contribution in [2.75, 3.05) is 0 Å². The molecular formula is C36H66O. The Balaban J connectivity index is 2.66. The topological polar surface area (TPSA) is 20.2 Å². The van der Waals surface area contributed by atoms with Crippen molar-refractivity contribution >= 4 is 0 Å². The zero-order valence-corrected chi connectivity index (χ0v) is 25.6. The quantitative estimate of drug-likeness (QED) is 0.116. The van der Waals surface area contributed by atoms with Gasteiger partial charge in [-0.1, -0.05) is 180 Å². The molecule has 0 radical (unpaired) electrons. The maximum Gasteiger partial charge on any atom is 0.119 e. The average molecular weight is 515 g/mol. The first-order chi connectivity index (χ1) is 18.2. The van der Waals surface area contributed by atoms with Gasteiger partial charge < -0.3 is 5.11 Å². The lowest BCUT2D eigenvalue weighted by Gasteiger charge is -2.29. The normalized spacial score (nSPS) is 13.2. The smallest absolute Gasteiger partial charge is 0.119 e. The Morgan fingerprint density at radius 1 is 0.459 bits per heavy atom. The third-order valence-electron chi connectivity index (χ3n) is 8.63. The van der Waals surface area contributed by atoms with E-state index in [1.165, 1.54) is 166 Å². The van der Waals surface area contributed by atoms with E-state index < -0.39 is 0 Å². The highest BCUT2D eigenvalue weighted by atomic mass is 16.3. The first kappa shape index (κ1) is 34.0. The van der Waals surface area contributed by atoms with E-state index in [1.54, 1.807) is 0 Å². The molecule has 0 spiro atoms. The Hall–Kier alpha value is -0.980. The number of unbranched alkanes of at least 4 members (excludes halogenated alkanes) is 19. The van der Waals surface area contributed by atoms with Crippen LogP contribution in [-0.4, -0.2) is 5.11 Å². The van der Waals surface area contributed by atoms with E-state index in [0.717, 1.165) is 5.92 Å². The highest BCUT2D eigenvalue weighted by molar-refractivity contribution is 5.35. The first-order valence-corrected chi connectivity index (χ1v) is 17.0. The predicted molar refractivity (Wildman–Crippen MR) is 167 cm³/mol. The molecule has 1 heteroatoms. The van der Waals surface area contributed by atoms with Crippen LogP contribution in [0.2, 0.25) is 0 Å². The largest absolute Gasteiger partial charge is 0.508 e. The summed E-state index contributed by atoms with van der Waals surface area (Å²) in [5.41, 5.74) is 1.24. The molecule has 1 aromatic rings. The monoisotopic (exact) mass is 515 g/mol. The standard InChI is InChI=1S/C36H66O/c1-4-7-10-13-16-17-19-22-25-30-34(35-31-26-27-32-36(35)37)33(28-23-20-15-12-9-6-3)29-24-21-18-14-11-8-5-2/h26-27,31-34,37H,4-25,28-30H2,1-3H3. The van der Waals surface area contributed by atoms with Gasteiger partial charge in [0.05, 0.1) is 0 Å². The van der Waals surface area contributed by atoms with Crippen LogP contribution in [0.3, 0.4) is 0 Å². The second kappa shape index (κ2) is 25.3. The molecule has 0 aliphatic heterocycles. The summed E-state index contributed by atoms with van der Waals surface area (Å²) in [5, 5.41) is 10.8. The fourth-order valence-corrected chi connectivity index (χ4v) is 6.22. The van der Waals surface area contributed by atoms with Gasteiger partial charge in [-0.15, -0.1) is 0 Å². The van der Waals surface area contributed by atoms with Crippen LogP contribution in [0, 0.1) is 5.92 Å². The maximum atomic E-state index is 10.8. The van der Waals surface area contributed by atoms with Crippen LogP contribution < -0.4 is 0 Å². The van der Waals surface area contributed by atoms with E-state index >= 15 is 0 Å². The van der Waals surface area contributed by atoms with E-state index in [2.05, 4.69) is 32.9 Å². The van der Waals surface area contributed by atoms with Gasteiger partial charge in [0.1, 0.15) is 5.75 Å².